The molecular formula is C26H25N3O5S. The minimum Gasteiger partial charge on any atom is -0.497 e. The molecule has 0 aliphatic carbocycles. The second kappa shape index (κ2) is 10.1. The molecule has 9 heteroatoms. The number of methoxy groups -OCH3 is 1. The van der Waals surface area contributed by atoms with E-state index in [9.17, 15) is 18.4 Å². The number of carbonyl (C=O) groups excluding carboxylic acids is 1. The molecule has 3 aromatic carbocycles. The number of hydroxylamine groups is 1. The van der Waals surface area contributed by atoms with Gasteiger partial charge in [0.2, 0.25) is 0 Å². The number of nitrogens with zero attached hydrogens (tertiary/aromatic N) is 2. The zero-order valence-corrected chi connectivity index (χ0v) is 20.1. The largest absolute Gasteiger partial charge is 0.497 e. The lowest BCUT2D eigenvalue weighted by atomic mass is 10.0. The van der Waals surface area contributed by atoms with E-state index in [0.717, 1.165) is 16.3 Å². The Balaban J connectivity index is 1.81. The number of benzene rings is 3. The Hall–Kier alpha value is -3.95. The fraction of sp³-hybridized carbons (Fsp3) is 0.154. The van der Waals surface area contributed by atoms with Crippen LogP contribution in [0, 0.1) is 0 Å². The van der Waals surface area contributed by atoms with Gasteiger partial charge in [-0.1, -0.05) is 36.4 Å². The van der Waals surface area contributed by atoms with Gasteiger partial charge >= 0.3 is 0 Å². The van der Waals surface area contributed by atoms with Crippen LogP contribution in [0.1, 0.15) is 21.5 Å². The van der Waals surface area contributed by atoms with Crippen LogP contribution in [0.4, 0.5) is 5.69 Å². The van der Waals surface area contributed by atoms with E-state index >= 15 is 0 Å². The second-order valence-corrected chi connectivity index (χ2v) is 9.92. The van der Waals surface area contributed by atoms with Crippen LogP contribution in [0.2, 0.25) is 0 Å². The maximum Gasteiger partial charge on any atom is 0.278 e. The zero-order chi connectivity index (χ0) is 25.0. The molecule has 0 fully saturated rings. The van der Waals surface area contributed by atoms with Crippen LogP contribution in [0.15, 0.2) is 83.9 Å². The molecule has 1 amide bonds. The van der Waals surface area contributed by atoms with Gasteiger partial charge in [-0.3, -0.25) is 19.3 Å². The van der Waals surface area contributed by atoms with E-state index in [4.69, 9.17) is 4.74 Å². The molecule has 0 atom stereocenters. The summed E-state index contributed by atoms with van der Waals surface area (Å²) in [6, 6.07) is 21.6. The highest BCUT2D eigenvalue weighted by molar-refractivity contribution is 7.92. The smallest absolute Gasteiger partial charge is 0.278 e. The molecule has 1 heterocycles. The van der Waals surface area contributed by atoms with Crippen LogP contribution in [-0.4, -0.2) is 38.7 Å². The number of sulfonamides is 1. The molecule has 0 unspecified atom stereocenters. The summed E-state index contributed by atoms with van der Waals surface area (Å²) in [5, 5.41) is 9.78. The molecule has 0 saturated heterocycles. The lowest BCUT2D eigenvalue weighted by molar-refractivity contribution is 0.0707. The Morgan fingerprint density at radius 3 is 2.34 bits per heavy atom. The normalized spacial score (nSPS) is 11.3. The summed E-state index contributed by atoms with van der Waals surface area (Å²) >= 11 is 0. The predicted octanol–water partition coefficient (Wildman–Crippen LogP) is 3.97. The number of amides is 1. The van der Waals surface area contributed by atoms with Gasteiger partial charge in [-0.05, 0) is 60.4 Å². The van der Waals surface area contributed by atoms with E-state index < -0.39 is 15.9 Å². The molecule has 2 N–H and O–H groups in total. The van der Waals surface area contributed by atoms with Gasteiger partial charge in [0.1, 0.15) is 5.75 Å². The maximum atomic E-state index is 13.5. The molecule has 0 bridgehead atoms. The van der Waals surface area contributed by atoms with Crippen molar-refractivity contribution < 1.29 is 23.2 Å². The van der Waals surface area contributed by atoms with Crippen LogP contribution in [-0.2, 0) is 22.9 Å². The predicted molar refractivity (Wildman–Crippen MR) is 133 cm³/mol. The van der Waals surface area contributed by atoms with Crippen molar-refractivity contribution in [2.24, 2.45) is 0 Å². The number of pyridine rings is 1. The lowest BCUT2D eigenvalue weighted by Gasteiger charge is -2.23. The molecule has 35 heavy (non-hydrogen) atoms. The third kappa shape index (κ3) is 4.96. The van der Waals surface area contributed by atoms with E-state index in [0.29, 0.717) is 23.1 Å². The van der Waals surface area contributed by atoms with Crippen molar-refractivity contribution in [1.29, 1.82) is 0 Å². The minimum absolute atomic E-state index is 0.0290. The topological polar surface area (TPSA) is 109 Å². The number of ether oxygens (including phenoxy) is 1. The number of fused-ring (bicyclic) bond motifs is 1. The molecule has 8 nitrogen and oxygen atoms in total. The molecule has 0 aliphatic heterocycles. The van der Waals surface area contributed by atoms with E-state index in [2.05, 4.69) is 4.98 Å². The van der Waals surface area contributed by atoms with Gasteiger partial charge < -0.3 is 4.74 Å². The summed E-state index contributed by atoms with van der Waals surface area (Å²) in [7, 11) is -1.18. The monoisotopic (exact) mass is 491 g/mol. The number of aromatic nitrogens is 1. The number of hydrogen-bond acceptors (Lipinski definition) is 6. The Labute approximate surface area is 203 Å². The first-order valence-corrected chi connectivity index (χ1v) is 12.3. The number of aryl methyl sites for hydroxylation is 2. The molecule has 0 aliphatic rings. The van der Waals surface area contributed by atoms with E-state index in [1.165, 1.54) is 38.1 Å². The maximum absolute atomic E-state index is 13.5. The van der Waals surface area contributed by atoms with Crippen LogP contribution < -0.4 is 14.5 Å². The van der Waals surface area contributed by atoms with E-state index in [-0.39, 0.29) is 16.1 Å². The van der Waals surface area contributed by atoms with Gasteiger partial charge in [0.05, 0.1) is 28.8 Å². The number of carbonyl (C=O) groups is 1. The Morgan fingerprint density at radius 2 is 1.69 bits per heavy atom. The summed E-state index contributed by atoms with van der Waals surface area (Å²) < 4.78 is 33.2. The van der Waals surface area contributed by atoms with E-state index in [1.54, 1.807) is 23.7 Å². The highest BCUT2D eigenvalue weighted by atomic mass is 32.2. The van der Waals surface area contributed by atoms with Crippen molar-refractivity contribution in [1.82, 2.24) is 10.5 Å². The lowest BCUT2D eigenvalue weighted by Crippen LogP contribution is -2.30. The van der Waals surface area contributed by atoms with Crippen molar-refractivity contribution in [3.05, 3.63) is 95.7 Å². The Bertz CT molecular complexity index is 1460. The second-order valence-electron chi connectivity index (χ2n) is 7.95. The summed E-state index contributed by atoms with van der Waals surface area (Å²) in [4.78, 5) is 16.8. The number of anilines is 1. The first-order valence-electron chi connectivity index (χ1n) is 10.9. The van der Waals surface area contributed by atoms with Gasteiger partial charge in [0.15, 0.2) is 0 Å². The molecule has 4 aromatic rings. The van der Waals surface area contributed by atoms with Gasteiger partial charge in [-0.25, -0.2) is 13.9 Å². The molecule has 180 valence electrons. The standard InChI is InChI=1S/C26H25N3O5S/c1-29(35(32,33)21-13-11-20(34-2)12-14-21)25-22-16-19(9-8-18-6-4-3-5-7-18)10-15-24(22)27-17-23(25)26(30)28-31/h3-7,10-17,31H,8-9H2,1-2H3,(H,28,30). The van der Waals surface area contributed by atoms with Crippen LogP contribution in [0.3, 0.4) is 0 Å². The van der Waals surface area contributed by atoms with Crippen LogP contribution >= 0.6 is 0 Å². The van der Waals surface area contributed by atoms with Crippen LogP contribution in [0.5, 0.6) is 5.75 Å². The summed E-state index contributed by atoms with van der Waals surface area (Å²) in [5.41, 5.74) is 4.31. The van der Waals surface area contributed by atoms with Crippen molar-refractivity contribution in [2.75, 3.05) is 18.5 Å². The van der Waals surface area contributed by atoms with Crippen molar-refractivity contribution in [3.8, 4) is 5.75 Å². The van der Waals surface area contributed by atoms with Gasteiger partial charge in [-0.15, -0.1) is 0 Å². The third-order valence-corrected chi connectivity index (χ3v) is 7.60. The summed E-state index contributed by atoms with van der Waals surface area (Å²) in [5.74, 6) is -0.342. The van der Waals surface area contributed by atoms with Gasteiger partial charge in [0, 0.05) is 18.6 Å². The molecule has 0 spiro atoms. The summed E-state index contributed by atoms with van der Waals surface area (Å²) in [6.07, 6.45) is 2.77. The fourth-order valence-corrected chi connectivity index (χ4v) is 5.14. The molecule has 0 saturated carbocycles. The molecule has 4 rings (SSSR count). The van der Waals surface area contributed by atoms with Crippen molar-refractivity contribution in [3.63, 3.8) is 0 Å². The molecule has 1 aromatic heterocycles. The minimum atomic E-state index is -4.05. The average molecular weight is 492 g/mol. The Morgan fingerprint density at radius 1 is 1.00 bits per heavy atom. The first-order chi connectivity index (χ1) is 16.8. The van der Waals surface area contributed by atoms with Gasteiger partial charge in [-0.2, -0.15) is 0 Å². The number of nitrogens with one attached hydrogen (secondary N) is 1. The van der Waals surface area contributed by atoms with Crippen molar-refractivity contribution >= 4 is 32.5 Å². The SMILES string of the molecule is COc1ccc(S(=O)(=O)N(C)c2c(C(=O)NO)cnc3ccc(CCc4ccccc4)cc23)cc1. The highest BCUT2D eigenvalue weighted by Gasteiger charge is 2.28. The average Bonchev–Trinajstić information content (AvgIpc) is 2.90. The fourth-order valence-electron chi connectivity index (χ4n) is 3.91. The summed E-state index contributed by atoms with van der Waals surface area (Å²) in [6.45, 7) is 0. The van der Waals surface area contributed by atoms with Crippen molar-refractivity contribution in [2.45, 2.75) is 17.7 Å². The highest BCUT2D eigenvalue weighted by Crippen LogP contribution is 2.34. The quantitative estimate of drug-likeness (QED) is 0.285. The third-order valence-electron chi connectivity index (χ3n) is 5.83. The van der Waals surface area contributed by atoms with E-state index in [1.807, 2.05) is 42.5 Å². The first kappa shape index (κ1) is 24.2. The number of rotatable bonds is 8. The van der Waals surface area contributed by atoms with Gasteiger partial charge in [0.25, 0.3) is 15.9 Å². The Kier molecular flexibility index (Phi) is 6.99. The number of hydrogen-bond donors (Lipinski definition) is 2. The van der Waals surface area contributed by atoms with Crippen LogP contribution in [0.25, 0.3) is 10.9 Å². The molecular weight excluding hydrogens is 466 g/mol. The molecule has 0 radical (unpaired) electrons. The zero-order valence-electron chi connectivity index (χ0n) is 19.3.